The van der Waals surface area contributed by atoms with Crippen LogP contribution in [0.2, 0.25) is 0 Å². The fourth-order valence-corrected chi connectivity index (χ4v) is 13.6. The van der Waals surface area contributed by atoms with E-state index in [1.807, 2.05) is 0 Å². The molecule has 0 fully saturated rings. The Morgan fingerprint density at radius 2 is 0.561 bits per heavy atom. The first-order valence-corrected chi connectivity index (χ1v) is 19.2. The van der Waals surface area contributed by atoms with Gasteiger partial charge in [0, 0.05) is 0 Å². The van der Waals surface area contributed by atoms with Gasteiger partial charge in [0.05, 0.1) is 0 Å². The molecule has 0 saturated heterocycles. The van der Waals surface area contributed by atoms with Gasteiger partial charge in [0.15, 0.2) is 0 Å². The molecule has 204 valence electrons. The van der Waals surface area contributed by atoms with Gasteiger partial charge in [-0.1, -0.05) is 0 Å². The van der Waals surface area contributed by atoms with Crippen LogP contribution in [0.4, 0.5) is 0 Å². The molecule has 0 radical (unpaired) electrons. The molecule has 0 aliphatic heterocycles. The van der Waals surface area contributed by atoms with Gasteiger partial charge in [0.1, 0.15) is 0 Å². The first kappa shape index (κ1) is 27.2. The standard InChI is InChI=1S/C38H36OP2/c1-40(31-19-7-3-8-20-31,32-21-9-4-10-22-32)37-29-17-15-27-35(37)39-36-28-16-18-30-38(36)41(2,33-23-11-5-12-24-33)34-25-13-6-14-26-34/h3-30,40-41H,1-2H3. The summed E-state index contributed by atoms with van der Waals surface area (Å²) < 4.78 is 7.09. The number of hydrogen-bond acceptors (Lipinski definition) is 1. The Morgan fingerprint density at radius 3 is 0.854 bits per heavy atom. The maximum atomic E-state index is 7.09. The van der Waals surface area contributed by atoms with Gasteiger partial charge in [-0.3, -0.25) is 0 Å². The molecule has 0 atom stereocenters. The minimum atomic E-state index is -2.38. The van der Waals surface area contributed by atoms with Gasteiger partial charge in [-0.25, -0.2) is 0 Å². The van der Waals surface area contributed by atoms with Crippen molar-refractivity contribution in [2.24, 2.45) is 0 Å². The van der Waals surface area contributed by atoms with E-state index < -0.39 is 14.5 Å². The van der Waals surface area contributed by atoms with E-state index in [4.69, 9.17) is 4.74 Å². The summed E-state index contributed by atoms with van der Waals surface area (Å²) in [5, 5.41) is 8.00. The van der Waals surface area contributed by atoms with E-state index in [1.165, 1.54) is 31.8 Å². The summed E-state index contributed by atoms with van der Waals surface area (Å²) in [5.74, 6) is 1.86. The van der Waals surface area contributed by atoms with Crippen molar-refractivity contribution in [3.63, 3.8) is 0 Å². The van der Waals surface area contributed by atoms with Crippen LogP contribution >= 0.6 is 14.5 Å². The molecule has 3 heteroatoms. The first-order valence-electron chi connectivity index (χ1n) is 14.2. The van der Waals surface area contributed by atoms with Crippen LogP contribution in [-0.2, 0) is 0 Å². The van der Waals surface area contributed by atoms with Gasteiger partial charge >= 0.3 is 246 Å². The summed E-state index contributed by atoms with van der Waals surface area (Å²) in [4.78, 5) is 0. The third-order valence-corrected chi connectivity index (χ3v) is 17.4. The van der Waals surface area contributed by atoms with Gasteiger partial charge in [0.25, 0.3) is 0 Å². The Morgan fingerprint density at radius 1 is 0.317 bits per heavy atom. The number of ether oxygens (including phenoxy) is 1. The van der Waals surface area contributed by atoms with Crippen LogP contribution in [0.25, 0.3) is 0 Å². The van der Waals surface area contributed by atoms with Crippen molar-refractivity contribution in [2.45, 2.75) is 0 Å². The maximum absolute atomic E-state index is 7.09. The van der Waals surface area contributed by atoms with Crippen molar-refractivity contribution in [3.8, 4) is 11.5 Å². The second kappa shape index (κ2) is 11.8. The molecule has 1 nitrogen and oxygen atoms in total. The topological polar surface area (TPSA) is 9.23 Å². The summed E-state index contributed by atoms with van der Waals surface area (Å²) in [7, 11) is -4.76. The molecule has 0 heterocycles. The van der Waals surface area contributed by atoms with Crippen LogP contribution in [-0.4, -0.2) is 13.3 Å². The molecule has 0 spiro atoms. The summed E-state index contributed by atoms with van der Waals surface area (Å²) in [6, 6.07) is 61.1. The van der Waals surface area contributed by atoms with Gasteiger partial charge in [-0.05, 0) is 0 Å². The van der Waals surface area contributed by atoms with E-state index in [0.717, 1.165) is 11.5 Å². The molecule has 6 aromatic carbocycles. The molecule has 6 rings (SSSR count). The fourth-order valence-electron chi connectivity index (χ4n) is 6.10. The van der Waals surface area contributed by atoms with E-state index in [0.29, 0.717) is 0 Å². The Hall–Kier alpha value is -4.02. The van der Waals surface area contributed by atoms with E-state index in [1.54, 1.807) is 0 Å². The zero-order valence-electron chi connectivity index (χ0n) is 23.6. The molecule has 0 N–H and O–H groups in total. The molecule has 0 aliphatic carbocycles. The number of rotatable bonds is 8. The summed E-state index contributed by atoms with van der Waals surface area (Å²) >= 11 is 0. The predicted molar refractivity (Wildman–Crippen MR) is 185 cm³/mol. The van der Waals surface area contributed by atoms with E-state index in [2.05, 4.69) is 183 Å². The van der Waals surface area contributed by atoms with E-state index >= 15 is 0 Å². The monoisotopic (exact) mass is 570 g/mol. The van der Waals surface area contributed by atoms with Gasteiger partial charge in [-0.2, -0.15) is 0 Å². The van der Waals surface area contributed by atoms with Gasteiger partial charge in [-0.15, -0.1) is 0 Å². The Bertz CT molecular complexity index is 1510. The molecule has 0 saturated carbocycles. The molecule has 41 heavy (non-hydrogen) atoms. The normalized spacial score (nSPS) is 12.4. The number of hydrogen-bond donors (Lipinski definition) is 0. The summed E-state index contributed by atoms with van der Waals surface area (Å²) in [6.45, 7) is 4.89. The van der Waals surface area contributed by atoms with Gasteiger partial charge in [0.2, 0.25) is 0 Å². The molecule has 6 aromatic rings. The molecule has 0 bridgehead atoms. The van der Waals surface area contributed by atoms with Crippen LogP contribution in [0.1, 0.15) is 0 Å². The number of para-hydroxylation sites is 2. The number of benzene rings is 6. The Kier molecular flexibility index (Phi) is 7.84. The summed E-state index contributed by atoms with van der Waals surface area (Å²) in [5.41, 5.74) is 0. The molecular weight excluding hydrogens is 534 g/mol. The van der Waals surface area contributed by atoms with Crippen molar-refractivity contribution in [2.75, 3.05) is 13.3 Å². The molecule has 0 aromatic heterocycles. The van der Waals surface area contributed by atoms with Crippen molar-refractivity contribution < 1.29 is 4.74 Å². The zero-order chi connectivity index (χ0) is 28.1. The SMILES string of the molecule is C[PH](c1ccccc1)(c1ccccc1)c1ccccc1Oc1ccccc1[PH](C)(c1ccccc1)c1ccccc1. The second-order valence-corrected chi connectivity index (χ2v) is 18.7. The molecule has 0 aliphatic rings. The molecular formula is C38H36OP2. The zero-order valence-corrected chi connectivity index (χ0v) is 25.6. The van der Waals surface area contributed by atoms with E-state index in [-0.39, 0.29) is 0 Å². The van der Waals surface area contributed by atoms with Crippen LogP contribution in [0.5, 0.6) is 11.5 Å². The van der Waals surface area contributed by atoms with Crippen LogP contribution in [0.3, 0.4) is 0 Å². The minimum absolute atomic E-state index is 0.930. The van der Waals surface area contributed by atoms with Gasteiger partial charge < -0.3 is 0 Å². The van der Waals surface area contributed by atoms with E-state index in [9.17, 15) is 0 Å². The fraction of sp³-hybridized carbons (Fsp3) is 0.0526. The first-order chi connectivity index (χ1) is 20.1. The third kappa shape index (κ3) is 5.13. The van der Waals surface area contributed by atoms with Crippen LogP contribution in [0.15, 0.2) is 170 Å². The van der Waals surface area contributed by atoms with Crippen LogP contribution < -0.4 is 36.6 Å². The average Bonchev–Trinajstić information content (AvgIpc) is 3.06. The Balaban J connectivity index is 1.53. The predicted octanol–water partition coefficient (Wildman–Crippen LogP) is 6.79. The Labute approximate surface area is 245 Å². The molecule has 0 amide bonds. The van der Waals surface area contributed by atoms with Crippen molar-refractivity contribution in [1.29, 1.82) is 0 Å². The van der Waals surface area contributed by atoms with Crippen molar-refractivity contribution in [1.82, 2.24) is 0 Å². The summed E-state index contributed by atoms with van der Waals surface area (Å²) in [6.07, 6.45) is 0. The van der Waals surface area contributed by atoms with Crippen molar-refractivity contribution >= 4 is 46.4 Å². The third-order valence-electron chi connectivity index (χ3n) is 8.48. The quantitative estimate of drug-likeness (QED) is 0.183. The van der Waals surface area contributed by atoms with Crippen LogP contribution in [0, 0.1) is 0 Å². The molecule has 0 unspecified atom stereocenters. The average molecular weight is 571 g/mol. The second-order valence-electron chi connectivity index (χ2n) is 10.8. The van der Waals surface area contributed by atoms with Crippen molar-refractivity contribution in [3.05, 3.63) is 170 Å².